The van der Waals surface area contributed by atoms with Crippen molar-refractivity contribution in [2.24, 2.45) is 0 Å². The normalized spacial score (nSPS) is 20.0. The highest BCUT2D eigenvalue weighted by Crippen LogP contribution is 2.16. The van der Waals surface area contributed by atoms with Gasteiger partial charge in [0.05, 0.1) is 13.7 Å². The van der Waals surface area contributed by atoms with Gasteiger partial charge >= 0.3 is 0 Å². The average molecular weight is 263 g/mol. The van der Waals surface area contributed by atoms with Gasteiger partial charge in [0.15, 0.2) is 0 Å². The van der Waals surface area contributed by atoms with E-state index in [4.69, 9.17) is 4.74 Å². The molecule has 0 aliphatic carbocycles. The maximum atomic E-state index is 12.0. The minimum absolute atomic E-state index is 0.0161. The molecule has 1 aliphatic rings. The highest BCUT2D eigenvalue weighted by molar-refractivity contribution is 5.92. The van der Waals surface area contributed by atoms with E-state index in [-0.39, 0.29) is 5.91 Å². The molecule has 104 valence electrons. The van der Waals surface area contributed by atoms with Crippen LogP contribution in [0.3, 0.4) is 0 Å². The van der Waals surface area contributed by atoms with Crippen molar-refractivity contribution < 1.29 is 9.53 Å². The maximum absolute atomic E-state index is 12.0. The van der Waals surface area contributed by atoms with Gasteiger partial charge in [-0.25, -0.2) is 0 Å². The van der Waals surface area contributed by atoms with Gasteiger partial charge in [0.2, 0.25) is 5.91 Å². The molecule has 1 heterocycles. The Bertz CT molecular complexity index is 436. The first-order valence-corrected chi connectivity index (χ1v) is 6.57. The zero-order valence-corrected chi connectivity index (χ0v) is 11.5. The first-order valence-electron chi connectivity index (χ1n) is 6.57. The first kappa shape index (κ1) is 13.8. The number of rotatable bonds is 4. The largest absolute Gasteiger partial charge is 0.497 e. The summed E-state index contributed by atoms with van der Waals surface area (Å²) in [6, 6.07) is 7.84. The van der Waals surface area contributed by atoms with Crippen molar-refractivity contribution in [3.63, 3.8) is 0 Å². The summed E-state index contributed by atoms with van der Waals surface area (Å²) in [5, 5.41) is 6.26. The minimum Gasteiger partial charge on any atom is -0.497 e. The fraction of sp³-hybridized carbons (Fsp3) is 0.500. The number of carbonyl (C=O) groups is 1. The molecule has 0 aromatic heterocycles. The van der Waals surface area contributed by atoms with Crippen molar-refractivity contribution in [3.8, 4) is 5.75 Å². The molecule has 1 unspecified atom stereocenters. The van der Waals surface area contributed by atoms with Crippen LogP contribution < -0.4 is 15.4 Å². The first-order chi connectivity index (χ1) is 9.17. The van der Waals surface area contributed by atoms with Gasteiger partial charge in [-0.3, -0.25) is 9.69 Å². The van der Waals surface area contributed by atoms with E-state index in [0.29, 0.717) is 12.6 Å². The number of carbonyl (C=O) groups excluding carboxylic acids is 1. The van der Waals surface area contributed by atoms with Crippen molar-refractivity contribution in [1.82, 2.24) is 10.2 Å². The molecule has 1 aromatic rings. The zero-order valence-electron chi connectivity index (χ0n) is 11.5. The molecule has 2 rings (SSSR count). The number of amides is 1. The summed E-state index contributed by atoms with van der Waals surface area (Å²) in [6.07, 6.45) is 0. The molecule has 0 bridgehead atoms. The molecule has 1 aliphatic heterocycles. The standard InChI is InChI=1S/C14H21N3O2/c1-11-9-17(7-6-15-11)10-14(18)16-12-4-3-5-13(8-12)19-2/h3-5,8,11,15H,6-7,9-10H2,1-2H3,(H,16,18). The number of hydrogen-bond acceptors (Lipinski definition) is 4. The summed E-state index contributed by atoms with van der Waals surface area (Å²) >= 11 is 0. The Kier molecular flexibility index (Phi) is 4.76. The summed E-state index contributed by atoms with van der Waals surface area (Å²) in [7, 11) is 1.61. The predicted octanol–water partition coefficient (Wildman–Crippen LogP) is 0.927. The van der Waals surface area contributed by atoms with E-state index in [1.165, 1.54) is 0 Å². The Hall–Kier alpha value is -1.59. The Morgan fingerprint density at radius 2 is 2.42 bits per heavy atom. The third kappa shape index (κ3) is 4.22. The minimum atomic E-state index is 0.0161. The van der Waals surface area contributed by atoms with Gasteiger partial charge < -0.3 is 15.4 Å². The van der Waals surface area contributed by atoms with Gasteiger partial charge in [-0.1, -0.05) is 6.07 Å². The van der Waals surface area contributed by atoms with E-state index >= 15 is 0 Å². The third-order valence-corrected chi connectivity index (χ3v) is 3.17. The van der Waals surface area contributed by atoms with Crippen LogP contribution in [0.4, 0.5) is 5.69 Å². The monoisotopic (exact) mass is 263 g/mol. The van der Waals surface area contributed by atoms with Crippen molar-refractivity contribution in [2.45, 2.75) is 13.0 Å². The van der Waals surface area contributed by atoms with Gasteiger partial charge in [-0.2, -0.15) is 0 Å². The highest BCUT2D eigenvalue weighted by Gasteiger charge is 2.17. The predicted molar refractivity (Wildman–Crippen MR) is 75.5 cm³/mol. The van der Waals surface area contributed by atoms with E-state index in [0.717, 1.165) is 31.1 Å². The zero-order chi connectivity index (χ0) is 13.7. The summed E-state index contributed by atoms with van der Waals surface area (Å²) < 4.78 is 5.13. The topological polar surface area (TPSA) is 53.6 Å². The number of nitrogens with one attached hydrogen (secondary N) is 2. The van der Waals surface area contributed by atoms with Gasteiger partial charge in [0, 0.05) is 37.4 Å². The number of methoxy groups -OCH3 is 1. The van der Waals surface area contributed by atoms with Crippen molar-refractivity contribution >= 4 is 11.6 Å². The van der Waals surface area contributed by atoms with Crippen LogP contribution in [0.1, 0.15) is 6.92 Å². The van der Waals surface area contributed by atoms with Crippen LogP contribution >= 0.6 is 0 Å². The van der Waals surface area contributed by atoms with Crippen molar-refractivity contribution in [1.29, 1.82) is 0 Å². The van der Waals surface area contributed by atoms with Crippen LogP contribution in [0.2, 0.25) is 0 Å². The molecule has 19 heavy (non-hydrogen) atoms. The molecule has 0 spiro atoms. The number of benzene rings is 1. The number of nitrogens with zero attached hydrogens (tertiary/aromatic N) is 1. The average Bonchev–Trinajstić information content (AvgIpc) is 2.38. The summed E-state index contributed by atoms with van der Waals surface area (Å²) in [5.41, 5.74) is 0.771. The Morgan fingerprint density at radius 3 is 3.16 bits per heavy atom. The van der Waals surface area contributed by atoms with Crippen LogP contribution in [-0.4, -0.2) is 50.1 Å². The molecule has 5 heteroatoms. The van der Waals surface area contributed by atoms with Crippen LogP contribution in [-0.2, 0) is 4.79 Å². The van der Waals surface area contributed by atoms with E-state index < -0.39 is 0 Å². The second-order valence-electron chi connectivity index (χ2n) is 4.87. The molecule has 2 N–H and O–H groups in total. The molecule has 0 radical (unpaired) electrons. The molecular weight excluding hydrogens is 242 g/mol. The lowest BCUT2D eigenvalue weighted by Crippen LogP contribution is -2.51. The summed E-state index contributed by atoms with van der Waals surface area (Å²) in [6.45, 7) is 5.32. The fourth-order valence-electron chi connectivity index (χ4n) is 2.26. The molecule has 0 saturated carbocycles. The molecule has 5 nitrogen and oxygen atoms in total. The van der Waals surface area contributed by atoms with E-state index in [2.05, 4.69) is 22.5 Å². The molecule has 1 saturated heterocycles. The van der Waals surface area contributed by atoms with Crippen LogP contribution in [0, 0.1) is 0 Å². The van der Waals surface area contributed by atoms with Crippen LogP contribution in [0.5, 0.6) is 5.75 Å². The Labute approximate surface area is 113 Å². The molecule has 1 amide bonds. The fourth-order valence-corrected chi connectivity index (χ4v) is 2.26. The molecular formula is C14H21N3O2. The van der Waals surface area contributed by atoms with Gasteiger partial charge in [0.25, 0.3) is 0 Å². The number of ether oxygens (including phenoxy) is 1. The smallest absolute Gasteiger partial charge is 0.238 e. The number of piperazine rings is 1. The lowest BCUT2D eigenvalue weighted by molar-refractivity contribution is -0.117. The van der Waals surface area contributed by atoms with Gasteiger partial charge in [-0.05, 0) is 19.1 Å². The Morgan fingerprint density at radius 1 is 1.58 bits per heavy atom. The molecule has 1 fully saturated rings. The number of anilines is 1. The van der Waals surface area contributed by atoms with E-state index in [1.807, 2.05) is 24.3 Å². The second kappa shape index (κ2) is 6.54. The molecule has 1 atom stereocenters. The number of hydrogen-bond donors (Lipinski definition) is 2. The molecule has 1 aromatic carbocycles. The van der Waals surface area contributed by atoms with Crippen LogP contribution in [0.25, 0.3) is 0 Å². The summed E-state index contributed by atoms with van der Waals surface area (Å²) in [5.74, 6) is 0.760. The van der Waals surface area contributed by atoms with Crippen molar-refractivity contribution in [3.05, 3.63) is 24.3 Å². The van der Waals surface area contributed by atoms with Crippen LogP contribution in [0.15, 0.2) is 24.3 Å². The Balaban J connectivity index is 1.86. The maximum Gasteiger partial charge on any atom is 0.238 e. The van der Waals surface area contributed by atoms with E-state index in [1.54, 1.807) is 7.11 Å². The second-order valence-corrected chi connectivity index (χ2v) is 4.87. The van der Waals surface area contributed by atoms with Crippen molar-refractivity contribution in [2.75, 3.05) is 38.6 Å². The quantitative estimate of drug-likeness (QED) is 0.848. The van der Waals surface area contributed by atoms with Gasteiger partial charge in [0.1, 0.15) is 5.75 Å². The SMILES string of the molecule is COc1cccc(NC(=O)CN2CCNC(C)C2)c1. The lowest BCUT2D eigenvalue weighted by Gasteiger charge is -2.31. The van der Waals surface area contributed by atoms with E-state index in [9.17, 15) is 4.79 Å². The highest BCUT2D eigenvalue weighted by atomic mass is 16.5. The lowest BCUT2D eigenvalue weighted by atomic mass is 10.2. The third-order valence-electron chi connectivity index (χ3n) is 3.17. The summed E-state index contributed by atoms with van der Waals surface area (Å²) in [4.78, 5) is 14.1. The van der Waals surface area contributed by atoms with Gasteiger partial charge in [-0.15, -0.1) is 0 Å².